The molecule has 0 aliphatic heterocycles. The van der Waals surface area contributed by atoms with E-state index < -0.39 is 17.4 Å². The molecule has 2 aromatic rings. The van der Waals surface area contributed by atoms with Crippen molar-refractivity contribution in [3.8, 4) is 5.75 Å². The fraction of sp³-hybridized carbons (Fsp3) is 0.323. The Morgan fingerprint density at radius 3 is 2.49 bits per heavy atom. The number of allylic oxidation sites excluding steroid dienone is 9. The molecule has 1 aliphatic rings. The molecular weight excluding hydrogens is 488 g/mol. The lowest BCUT2D eigenvalue weighted by atomic mass is 9.72. The zero-order valence-electron chi connectivity index (χ0n) is 22.2. The number of esters is 1. The smallest absolute Gasteiger partial charge is 0.347 e. The predicted octanol–water partition coefficient (Wildman–Crippen LogP) is 8.09. The summed E-state index contributed by atoms with van der Waals surface area (Å²) in [4.78, 5) is 36.0. The third-order valence-corrected chi connectivity index (χ3v) is 6.79. The summed E-state index contributed by atoms with van der Waals surface area (Å²) in [6, 6.07) is 4.26. The van der Waals surface area contributed by atoms with Gasteiger partial charge >= 0.3 is 11.6 Å². The summed E-state index contributed by atoms with van der Waals surface area (Å²) >= 11 is 6.25. The van der Waals surface area contributed by atoms with Crippen LogP contribution in [0.25, 0.3) is 11.0 Å². The number of Topliss-reactive ketones (excluding diaryl/α,β-unsaturated/α-hetero) is 1. The molecule has 5 nitrogen and oxygen atoms in total. The first-order valence-electron chi connectivity index (χ1n) is 12.3. The highest BCUT2D eigenvalue weighted by Gasteiger charge is 2.26. The van der Waals surface area contributed by atoms with Gasteiger partial charge in [-0.15, -0.1) is 0 Å². The second-order valence-corrected chi connectivity index (χ2v) is 10.6. The molecule has 1 aliphatic carbocycles. The minimum Gasteiger partial charge on any atom is -0.422 e. The van der Waals surface area contributed by atoms with Crippen LogP contribution in [0, 0.1) is 5.41 Å². The van der Waals surface area contributed by atoms with Gasteiger partial charge in [0, 0.05) is 17.5 Å². The summed E-state index contributed by atoms with van der Waals surface area (Å²) in [6.07, 6.45) is 15.0. The van der Waals surface area contributed by atoms with Crippen molar-refractivity contribution in [1.82, 2.24) is 0 Å². The molecule has 194 valence electrons. The number of carbonyl (C=O) groups excluding carboxylic acids is 2. The van der Waals surface area contributed by atoms with Gasteiger partial charge in [-0.05, 0) is 75.7 Å². The maximum Gasteiger partial charge on any atom is 0.347 e. The van der Waals surface area contributed by atoms with Crippen LogP contribution < -0.4 is 10.4 Å². The molecule has 37 heavy (non-hydrogen) atoms. The van der Waals surface area contributed by atoms with E-state index >= 15 is 0 Å². The van der Waals surface area contributed by atoms with Crippen molar-refractivity contribution in [2.75, 3.05) is 0 Å². The highest BCUT2D eigenvalue weighted by molar-refractivity contribution is 6.33. The maximum atomic E-state index is 12.4. The molecule has 0 unspecified atom stereocenters. The zero-order chi connectivity index (χ0) is 27.3. The number of halogens is 1. The number of ether oxygens (including phenoxy) is 1. The number of hydrogen-bond acceptors (Lipinski definition) is 5. The van der Waals surface area contributed by atoms with Gasteiger partial charge < -0.3 is 9.15 Å². The lowest BCUT2D eigenvalue weighted by Crippen LogP contribution is -2.19. The first kappa shape index (κ1) is 28.1. The molecule has 6 heteroatoms. The van der Waals surface area contributed by atoms with Crippen LogP contribution in [0.3, 0.4) is 0 Å². The van der Waals surface area contributed by atoms with E-state index in [9.17, 15) is 14.4 Å². The molecular formula is C31H33ClO5. The van der Waals surface area contributed by atoms with E-state index in [-0.39, 0.29) is 27.3 Å². The standard InChI is InChI=1S/C31H33ClO5/c1-19(12-13-25-21(3)11-8-14-31(25,5)6)9-7-10-20(2)15-29(34)36-28-18-27-23(17-26(28)32)16-24(22(4)33)30(35)37-27/h7,9-10,12-13,15-18H,8,11,14H2,1-6H3/b10-7+,13-12+,19-9+,20-15+. The van der Waals surface area contributed by atoms with Gasteiger partial charge in [0.2, 0.25) is 0 Å². The van der Waals surface area contributed by atoms with Crippen molar-refractivity contribution in [3.05, 3.63) is 98.0 Å². The number of hydrogen-bond donors (Lipinski definition) is 0. The average Bonchev–Trinajstić information content (AvgIpc) is 2.78. The van der Waals surface area contributed by atoms with Crippen LogP contribution >= 0.6 is 11.6 Å². The Morgan fingerprint density at radius 1 is 1.08 bits per heavy atom. The Balaban J connectivity index is 1.68. The zero-order valence-corrected chi connectivity index (χ0v) is 23.0. The van der Waals surface area contributed by atoms with E-state index in [1.165, 1.54) is 55.2 Å². The van der Waals surface area contributed by atoms with E-state index in [4.69, 9.17) is 20.8 Å². The van der Waals surface area contributed by atoms with Gasteiger partial charge in [0.15, 0.2) is 11.5 Å². The molecule has 1 aromatic heterocycles. The van der Waals surface area contributed by atoms with Crippen LogP contribution in [0.5, 0.6) is 5.75 Å². The van der Waals surface area contributed by atoms with Gasteiger partial charge in [0.1, 0.15) is 11.1 Å². The van der Waals surface area contributed by atoms with Crippen molar-refractivity contribution in [2.24, 2.45) is 5.41 Å². The Hall–Kier alpha value is -3.44. The minimum atomic E-state index is -0.756. The van der Waals surface area contributed by atoms with Crippen molar-refractivity contribution in [1.29, 1.82) is 0 Å². The van der Waals surface area contributed by atoms with Crippen LogP contribution in [0.2, 0.25) is 5.02 Å². The van der Waals surface area contributed by atoms with Crippen LogP contribution in [0.1, 0.15) is 71.2 Å². The minimum absolute atomic E-state index is 0.0574. The van der Waals surface area contributed by atoms with Crippen LogP contribution in [0.15, 0.2) is 86.2 Å². The fourth-order valence-corrected chi connectivity index (χ4v) is 4.66. The molecule has 0 fully saturated rings. The largest absolute Gasteiger partial charge is 0.422 e. The molecule has 0 saturated carbocycles. The predicted molar refractivity (Wildman–Crippen MR) is 149 cm³/mol. The Labute approximate surface area is 222 Å². The molecule has 0 atom stereocenters. The van der Waals surface area contributed by atoms with Gasteiger partial charge in [0.25, 0.3) is 0 Å². The van der Waals surface area contributed by atoms with Crippen molar-refractivity contribution >= 4 is 34.3 Å². The van der Waals surface area contributed by atoms with Gasteiger partial charge in [-0.2, -0.15) is 0 Å². The topological polar surface area (TPSA) is 73.6 Å². The summed E-state index contributed by atoms with van der Waals surface area (Å²) in [5, 5.41) is 0.613. The van der Waals surface area contributed by atoms with Crippen molar-refractivity contribution in [3.63, 3.8) is 0 Å². The number of benzene rings is 1. The van der Waals surface area contributed by atoms with Crippen molar-refractivity contribution in [2.45, 2.75) is 60.8 Å². The molecule has 1 heterocycles. The third-order valence-electron chi connectivity index (χ3n) is 6.50. The summed E-state index contributed by atoms with van der Waals surface area (Å²) < 4.78 is 10.6. The number of rotatable bonds is 7. The first-order valence-corrected chi connectivity index (χ1v) is 12.7. The van der Waals surface area contributed by atoms with Gasteiger partial charge in [0.05, 0.1) is 5.02 Å². The van der Waals surface area contributed by atoms with E-state index in [1.807, 2.05) is 25.2 Å². The molecule has 0 amide bonds. The molecule has 0 bridgehead atoms. The molecule has 0 spiro atoms. The number of fused-ring (bicyclic) bond motifs is 1. The van der Waals surface area contributed by atoms with Gasteiger partial charge in [-0.3, -0.25) is 4.79 Å². The molecule has 0 N–H and O–H groups in total. The lowest BCUT2D eigenvalue weighted by Gasteiger charge is -2.32. The lowest BCUT2D eigenvalue weighted by molar-refractivity contribution is -0.129. The van der Waals surface area contributed by atoms with E-state index in [0.29, 0.717) is 11.0 Å². The molecule has 1 aromatic carbocycles. The average molecular weight is 521 g/mol. The molecule has 0 saturated heterocycles. The van der Waals surface area contributed by atoms with E-state index in [0.717, 1.165) is 12.0 Å². The second kappa shape index (κ2) is 11.7. The summed E-state index contributed by atoms with van der Waals surface area (Å²) in [5.41, 5.74) is 4.22. The summed E-state index contributed by atoms with van der Waals surface area (Å²) in [5.74, 6) is -0.964. The third kappa shape index (κ3) is 7.30. The highest BCUT2D eigenvalue weighted by Crippen LogP contribution is 2.40. The Kier molecular flexibility index (Phi) is 8.93. The van der Waals surface area contributed by atoms with E-state index in [1.54, 1.807) is 6.92 Å². The Morgan fingerprint density at radius 2 is 1.81 bits per heavy atom. The van der Waals surface area contributed by atoms with E-state index in [2.05, 4.69) is 32.9 Å². The SMILES string of the molecule is CC(=O)c1cc2cc(Cl)c(OC(=O)/C=C(C)/C=C/C=C(C)/C=C/C3=C(C)CCCC3(C)C)cc2oc1=O. The normalized spacial score (nSPS) is 16.7. The first-order chi connectivity index (χ1) is 17.4. The van der Waals surface area contributed by atoms with Gasteiger partial charge in [-0.25, -0.2) is 9.59 Å². The summed E-state index contributed by atoms with van der Waals surface area (Å²) in [6.45, 7) is 11.9. The number of carbonyl (C=O) groups is 2. The quantitative estimate of drug-likeness (QED) is 0.0920. The maximum absolute atomic E-state index is 12.4. The van der Waals surface area contributed by atoms with Crippen LogP contribution in [0.4, 0.5) is 0 Å². The van der Waals surface area contributed by atoms with Crippen molar-refractivity contribution < 1.29 is 18.7 Å². The molecule has 0 radical (unpaired) electrons. The van der Waals surface area contributed by atoms with Crippen LogP contribution in [-0.2, 0) is 4.79 Å². The van der Waals surface area contributed by atoms with Crippen LogP contribution in [-0.4, -0.2) is 11.8 Å². The highest BCUT2D eigenvalue weighted by atomic mass is 35.5. The monoisotopic (exact) mass is 520 g/mol. The second-order valence-electron chi connectivity index (χ2n) is 10.2. The number of ketones is 1. The Bertz CT molecular complexity index is 1440. The van der Waals surface area contributed by atoms with Gasteiger partial charge in [-0.1, -0.05) is 67.0 Å². The summed E-state index contributed by atoms with van der Waals surface area (Å²) in [7, 11) is 0. The molecule has 3 rings (SSSR count). The fourth-order valence-electron chi connectivity index (χ4n) is 4.45.